The van der Waals surface area contributed by atoms with Crippen LogP contribution in [0.15, 0.2) is 66.7 Å². The molecule has 0 saturated carbocycles. The molecule has 0 aliphatic carbocycles. The normalized spacial score (nSPS) is 14.8. The Hall–Kier alpha value is -2.75. The number of rotatable bonds is 5. The second kappa shape index (κ2) is 8.31. The van der Waals surface area contributed by atoms with Gasteiger partial charge < -0.3 is 9.64 Å². The molecular formula is C29H27NOS. The molecule has 1 aliphatic heterocycles. The van der Waals surface area contributed by atoms with E-state index in [4.69, 9.17) is 17.0 Å². The molecule has 0 atom stereocenters. The molecule has 1 heterocycles. The van der Waals surface area contributed by atoms with Gasteiger partial charge in [-0.05, 0) is 74.3 Å². The van der Waals surface area contributed by atoms with Crippen molar-refractivity contribution in [1.29, 1.82) is 0 Å². The van der Waals surface area contributed by atoms with E-state index in [1.807, 2.05) is 0 Å². The van der Waals surface area contributed by atoms with E-state index in [0.717, 1.165) is 57.0 Å². The highest BCUT2D eigenvalue weighted by molar-refractivity contribution is 7.80. The first-order valence-electron chi connectivity index (χ1n) is 11.7. The molecule has 3 heteroatoms. The molecule has 0 N–H and O–H groups in total. The molecule has 160 valence electrons. The highest BCUT2D eigenvalue weighted by atomic mass is 32.1. The first kappa shape index (κ1) is 19.9. The van der Waals surface area contributed by atoms with Gasteiger partial charge in [-0.25, -0.2) is 0 Å². The maximum Gasteiger partial charge on any atom is 0.0780 e. The van der Waals surface area contributed by atoms with Crippen molar-refractivity contribution in [3.63, 3.8) is 0 Å². The molecule has 6 rings (SSSR count). The molecule has 1 fully saturated rings. The Kier molecular flexibility index (Phi) is 5.17. The van der Waals surface area contributed by atoms with Gasteiger partial charge in [0.1, 0.15) is 0 Å². The fraction of sp³-hybridized carbons (Fsp3) is 0.276. The number of aryl methyl sites for hydroxylation is 1. The van der Waals surface area contributed by atoms with Crippen molar-refractivity contribution in [2.24, 2.45) is 0 Å². The van der Waals surface area contributed by atoms with Crippen molar-refractivity contribution in [3.8, 4) is 0 Å². The topological polar surface area (TPSA) is 12.5 Å². The lowest BCUT2D eigenvalue weighted by molar-refractivity contribution is 0.0682. The summed E-state index contributed by atoms with van der Waals surface area (Å²) in [6.07, 6.45) is 4.37. The largest absolute Gasteiger partial charge is 0.378 e. The van der Waals surface area contributed by atoms with Gasteiger partial charge in [-0.2, -0.15) is 0 Å². The van der Waals surface area contributed by atoms with Gasteiger partial charge in [-0.15, -0.1) is 0 Å². The van der Waals surface area contributed by atoms with E-state index in [1.54, 1.807) is 0 Å². The highest BCUT2D eigenvalue weighted by Crippen LogP contribution is 2.41. The minimum Gasteiger partial charge on any atom is -0.378 e. The number of hydrogen-bond donors (Lipinski definition) is 0. The molecule has 0 bridgehead atoms. The van der Waals surface area contributed by atoms with Crippen LogP contribution in [-0.2, 0) is 11.2 Å². The van der Waals surface area contributed by atoms with E-state index < -0.39 is 0 Å². The van der Waals surface area contributed by atoms with Crippen molar-refractivity contribution in [2.45, 2.75) is 25.7 Å². The Morgan fingerprint density at radius 3 is 2.22 bits per heavy atom. The Balaban J connectivity index is 1.37. The molecular weight excluding hydrogens is 410 g/mol. The van der Waals surface area contributed by atoms with Crippen LogP contribution in [0.5, 0.6) is 0 Å². The molecule has 5 aromatic rings. The summed E-state index contributed by atoms with van der Waals surface area (Å²) < 4.78 is 5.46. The molecule has 0 radical (unpaired) electrons. The number of nitrogens with zero attached hydrogens (tertiary/aromatic N) is 1. The van der Waals surface area contributed by atoms with Crippen LogP contribution in [0.3, 0.4) is 0 Å². The third-order valence-electron chi connectivity index (χ3n) is 7.08. The Morgan fingerprint density at radius 2 is 1.44 bits per heavy atom. The van der Waals surface area contributed by atoms with E-state index in [2.05, 4.69) is 71.6 Å². The standard InChI is InChI=1S/C29H27NOS/c32-27(30-16-18-31-19-17-30)11-4-3-10-24-22-8-1-2-9-23(22)25-14-12-20-6-5-7-21-13-15-26(24)29(25)28(20)21/h1-2,5-9,12-15H,3-4,10-11,16-19H2. The zero-order valence-electron chi connectivity index (χ0n) is 18.3. The van der Waals surface area contributed by atoms with Gasteiger partial charge in [0.2, 0.25) is 0 Å². The quantitative estimate of drug-likeness (QED) is 0.126. The summed E-state index contributed by atoms with van der Waals surface area (Å²) in [5.74, 6) is 0. The predicted molar refractivity (Wildman–Crippen MR) is 140 cm³/mol. The second-order valence-electron chi connectivity index (χ2n) is 8.90. The van der Waals surface area contributed by atoms with Gasteiger partial charge in [0.25, 0.3) is 0 Å². The van der Waals surface area contributed by atoms with Crippen LogP contribution in [0.1, 0.15) is 24.8 Å². The van der Waals surface area contributed by atoms with Gasteiger partial charge in [0.05, 0.1) is 18.2 Å². The maximum absolute atomic E-state index is 5.71. The smallest absolute Gasteiger partial charge is 0.0780 e. The van der Waals surface area contributed by atoms with Crippen LogP contribution in [0.25, 0.3) is 43.1 Å². The van der Waals surface area contributed by atoms with Crippen molar-refractivity contribution >= 4 is 60.3 Å². The minimum absolute atomic E-state index is 0.800. The second-order valence-corrected chi connectivity index (χ2v) is 9.38. The number of ether oxygens (including phenoxy) is 1. The summed E-state index contributed by atoms with van der Waals surface area (Å²) in [4.78, 5) is 3.43. The summed E-state index contributed by atoms with van der Waals surface area (Å²) in [6, 6.07) is 24.8. The van der Waals surface area contributed by atoms with E-state index in [0.29, 0.717) is 0 Å². The summed E-state index contributed by atoms with van der Waals surface area (Å²) in [5.41, 5.74) is 1.49. The third kappa shape index (κ3) is 3.32. The summed E-state index contributed by atoms with van der Waals surface area (Å²) >= 11 is 5.71. The van der Waals surface area contributed by atoms with Crippen LogP contribution in [0.2, 0.25) is 0 Å². The Labute approximate surface area is 194 Å². The molecule has 0 spiro atoms. The molecule has 2 nitrogen and oxygen atoms in total. The predicted octanol–water partition coefficient (Wildman–Crippen LogP) is 7.11. The van der Waals surface area contributed by atoms with Gasteiger partial charge in [-0.3, -0.25) is 0 Å². The van der Waals surface area contributed by atoms with Gasteiger partial charge >= 0.3 is 0 Å². The fourth-order valence-corrected chi connectivity index (χ4v) is 5.83. The van der Waals surface area contributed by atoms with E-state index >= 15 is 0 Å². The lowest BCUT2D eigenvalue weighted by Crippen LogP contribution is -2.39. The number of thiocarbonyl (C=S) groups is 1. The van der Waals surface area contributed by atoms with Crippen LogP contribution in [0.4, 0.5) is 0 Å². The van der Waals surface area contributed by atoms with Gasteiger partial charge in [0, 0.05) is 13.1 Å². The summed E-state index contributed by atoms with van der Waals surface area (Å²) in [7, 11) is 0. The molecule has 5 aromatic carbocycles. The van der Waals surface area contributed by atoms with Crippen LogP contribution < -0.4 is 0 Å². The summed E-state index contributed by atoms with van der Waals surface area (Å²) in [5, 5.41) is 11.1. The average Bonchev–Trinajstić information content (AvgIpc) is 2.86. The molecule has 0 unspecified atom stereocenters. The SMILES string of the molecule is S=C(CCCCc1c2ccccc2c2ccc3cccc4ccc1c2c43)N1CCOCC1. The number of hydrogen-bond acceptors (Lipinski definition) is 2. The molecule has 32 heavy (non-hydrogen) atoms. The van der Waals surface area contributed by atoms with Crippen LogP contribution in [0, 0.1) is 0 Å². The maximum atomic E-state index is 5.71. The van der Waals surface area contributed by atoms with E-state index in [1.165, 1.54) is 48.7 Å². The van der Waals surface area contributed by atoms with E-state index in [-0.39, 0.29) is 0 Å². The zero-order valence-corrected chi connectivity index (χ0v) is 19.1. The zero-order chi connectivity index (χ0) is 21.5. The minimum atomic E-state index is 0.800. The van der Waals surface area contributed by atoms with E-state index in [9.17, 15) is 0 Å². The number of morpholine rings is 1. The van der Waals surface area contributed by atoms with Crippen LogP contribution in [-0.4, -0.2) is 36.2 Å². The van der Waals surface area contributed by atoms with Crippen molar-refractivity contribution in [3.05, 3.63) is 72.3 Å². The molecule has 1 aliphatic rings. The van der Waals surface area contributed by atoms with Gasteiger partial charge in [0.15, 0.2) is 0 Å². The molecule has 0 aromatic heterocycles. The van der Waals surface area contributed by atoms with Crippen molar-refractivity contribution < 1.29 is 4.74 Å². The van der Waals surface area contributed by atoms with Crippen LogP contribution >= 0.6 is 12.2 Å². The average molecular weight is 438 g/mol. The van der Waals surface area contributed by atoms with Crippen molar-refractivity contribution in [1.82, 2.24) is 4.90 Å². The molecule has 0 amide bonds. The lowest BCUT2D eigenvalue weighted by atomic mass is 9.86. The number of unbranched alkanes of at least 4 members (excludes halogenated alkanes) is 1. The lowest BCUT2D eigenvalue weighted by Gasteiger charge is -2.29. The fourth-order valence-electron chi connectivity index (χ4n) is 5.50. The Morgan fingerprint density at radius 1 is 0.719 bits per heavy atom. The first-order chi connectivity index (χ1) is 15.8. The molecule has 1 saturated heterocycles. The van der Waals surface area contributed by atoms with Gasteiger partial charge in [-0.1, -0.05) is 78.9 Å². The van der Waals surface area contributed by atoms with Crippen molar-refractivity contribution in [2.75, 3.05) is 26.3 Å². The number of benzene rings is 5. The summed E-state index contributed by atoms with van der Waals surface area (Å²) in [6.45, 7) is 3.49. The first-order valence-corrected chi connectivity index (χ1v) is 12.1. The monoisotopic (exact) mass is 437 g/mol. The number of fused-ring (bicyclic) bond motifs is 2. The highest BCUT2D eigenvalue weighted by Gasteiger charge is 2.16. The third-order valence-corrected chi connectivity index (χ3v) is 7.54. The Bertz CT molecular complexity index is 1420.